The number of benzene rings is 2. The van der Waals surface area contributed by atoms with Crippen LogP contribution in [0.5, 0.6) is 0 Å². The van der Waals surface area contributed by atoms with E-state index in [1.165, 1.54) is 7.11 Å². The van der Waals surface area contributed by atoms with E-state index in [-0.39, 0.29) is 17.9 Å². The Morgan fingerprint density at radius 2 is 1.70 bits per heavy atom. The zero-order chi connectivity index (χ0) is 19.2. The monoisotopic (exact) mass is 367 g/mol. The van der Waals surface area contributed by atoms with E-state index in [1.807, 2.05) is 42.5 Å². The predicted molar refractivity (Wildman–Crippen MR) is 106 cm³/mol. The second-order valence-corrected chi connectivity index (χ2v) is 6.72. The Bertz CT molecular complexity index is 790. The quantitative estimate of drug-likeness (QED) is 0.670. The van der Waals surface area contributed by atoms with Crippen molar-refractivity contribution in [3.8, 4) is 0 Å². The largest absolute Gasteiger partial charge is 0.372 e. The van der Waals surface area contributed by atoms with Crippen LogP contribution in [0.3, 0.4) is 0 Å². The fourth-order valence-corrected chi connectivity index (χ4v) is 2.66. The molecule has 0 bridgehead atoms. The number of hydrogen-bond acceptors (Lipinski definition) is 4. The topological polar surface area (TPSA) is 79.5 Å². The van der Waals surface area contributed by atoms with Crippen LogP contribution in [0, 0.1) is 0 Å². The first-order valence-corrected chi connectivity index (χ1v) is 9.12. The van der Waals surface area contributed by atoms with Crippen LogP contribution in [0.4, 0.5) is 11.4 Å². The minimum absolute atomic E-state index is 0.0499. The highest BCUT2D eigenvalue weighted by atomic mass is 16.5. The summed E-state index contributed by atoms with van der Waals surface area (Å²) < 4.78 is 5.03. The molecule has 142 valence electrons. The molecule has 0 aliphatic heterocycles. The molecule has 0 saturated heterocycles. The van der Waals surface area contributed by atoms with Crippen molar-refractivity contribution in [2.24, 2.45) is 0 Å². The van der Waals surface area contributed by atoms with Crippen molar-refractivity contribution < 1.29 is 14.3 Å². The third-order valence-corrected chi connectivity index (χ3v) is 4.48. The van der Waals surface area contributed by atoms with Crippen LogP contribution in [0.1, 0.15) is 31.4 Å². The molecule has 6 nitrogen and oxygen atoms in total. The molecule has 1 aliphatic rings. The van der Waals surface area contributed by atoms with Gasteiger partial charge in [0, 0.05) is 24.5 Å². The van der Waals surface area contributed by atoms with Gasteiger partial charge in [0.2, 0.25) is 5.91 Å². The zero-order valence-electron chi connectivity index (χ0n) is 15.6. The van der Waals surface area contributed by atoms with Crippen molar-refractivity contribution in [1.29, 1.82) is 0 Å². The highest BCUT2D eigenvalue weighted by molar-refractivity contribution is 5.94. The zero-order valence-corrected chi connectivity index (χ0v) is 15.6. The lowest BCUT2D eigenvalue weighted by Gasteiger charge is -2.20. The normalized spacial score (nSPS) is 15.5. The maximum absolute atomic E-state index is 12.7. The number of rotatable bonds is 8. The summed E-state index contributed by atoms with van der Waals surface area (Å²) in [6.07, 6.45) is 1.53. The third kappa shape index (κ3) is 5.31. The Hall–Kier alpha value is -2.86. The minimum atomic E-state index is -0.539. The number of nitrogens with one attached hydrogen (secondary N) is 3. The van der Waals surface area contributed by atoms with Gasteiger partial charge in [-0.2, -0.15) is 0 Å². The molecule has 2 aromatic carbocycles. The van der Waals surface area contributed by atoms with Gasteiger partial charge in [0.25, 0.3) is 5.91 Å². The molecule has 3 N–H and O–H groups in total. The van der Waals surface area contributed by atoms with Crippen molar-refractivity contribution in [3.63, 3.8) is 0 Å². The van der Waals surface area contributed by atoms with Crippen LogP contribution in [-0.2, 0) is 14.3 Å². The summed E-state index contributed by atoms with van der Waals surface area (Å²) >= 11 is 0. The molecule has 1 aliphatic carbocycles. The number of ether oxygens (including phenoxy) is 1. The maximum Gasteiger partial charge on any atom is 0.253 e. The molecule has 0 aromatic heterocycles. The smallest absolute Gasteiger partial charge is 0.253 e. The molecule has 2 unspecified atom stereocenters. The van der Waals surface area contributed by atoms with Crippen LogP contribution >= 0.6 is 0 Å². The van der Waals surface area contributed by atoms with Gasteiger partial charge in [-0.1, -0.05) is 36.4 Å². The van der Waals surface area contributed by atoms with E-state index in [0.29, 0.717) is 5.69 Å². The van der Waals surface area contributed by atoms with Gasteiger partial charge >= 0.3 is 0 Å². The number of carbonyl (C=O) groups excluding carboxylic acids is 2. The minimum Gasteiger partial charge on any atom is -0.372 e. The van der Waals surface area contributed by atoms with Gasteiger partial charge in [-0.05, 0) is 43.5 Å². The van der Waals surface area contributed by atoms with E-state index in [9.17, 15) is 9.59 Å². The van der Waals surface area contributed by atoms with Crippen LogP contribution in [0.25, 0.3) is 0 Å². The lowest BCUT2D eigenvalue weighted by Crippen LogP contribution is -2.34. The van der Waals surface area contributed by atoms with Gasteiger partial charge in [0.1, 0.15) is 12.1 Å². The molecule has 3 rings (SSSR count). The van der Waals surface area contributed by atoms with Crippen molar-refractivity contribution in [2.75, 3.05) is 17.7 Å². The van der Waals surface area contributed by atoms with E-state index in [1.54, 1.807) is 19.1 Å². The number of amides is 2. The fraction of sp³-hybridized carbons (Fsp3) is 0.333. The maximum atomic E-state index is 12.7. The summed E-state index contributed by atoms with van der Waals surface area (Å²) in [5, 5.41) is 9.16. The first-order valence-electron chi connectivity index (χ1n) is 9.12. The molecule has 0 spiro atoms. The second-order valence-electron chi connectivity index (χ2n) is 6.72. The molecule has 0 heterocycles. The Morgan fingerprint density at radius 3 is 2.37 bits per heavy atom. The van der Waals surface area contributed by atoms with E-state index < -0.39 is 12.1 Å². The third-order valence-electron chi connectivity index (χ3n) is 4.48. The average Bonchev–Trinajstić information content (AvgIpc) is 3.50. The first-order chi connectivity index (χ1) is 13.1. The molecule has 2 atom stereocenters. The Labute approximate surface area is 159 Å². The average molecular weight is 367 g/mol. The van der Waals surface area contributed by atoms with Gasteiger partial charge in [-0.25, -0.2) is 0 Å². The molecule has 1 fully saturated rings. The molecule has 2 amide bonds. The molecule has 1 saturated carbocycles. The Balaban J connectivity index is 1.76. The van der Waals surface area contributed by atoms with Crippen molar-refractivity contribution in [2.45, 2.75) is 38.0 Å². The molecular formula is C21H25N3O3. The van der Waals surface area contributed by atoms with Crippen LogP contribution in [-0.4, -0.2) is 31.1 Å². The SMILES string of the molecule is COC(C)C(=O)Nc1cccc(NC(C(=O)NC2CC2)c2ccccc2)c1. The van der Waals surface area contributed by atoms with Crippen molar-refractivity contribution in [1.82, 2.24) is 5.32 Å². The molecular weight excluding hydrogens is 342 g/mol. The summed E-state index contributed by atoms with van der Waals surface area (Å²) in [4.78, 5) is 24.7. The van der Waals surface area contributed by atoms with Crippen LogP contribution in [0.15, 0.2) is 54.6 Å². The molecule has 0 radical (unpaired) electrons. The van der Waals surface area contributed by atoms with Gasteiger partial charge in [-0.15, -0.1) is 0 Å². The number of carbonyl (C=O) groups is 2. The van der Waals surface area contributed by atoms with E-state index in [4.69, 9.17) is 4.74 Å². The summed E-state index contributed by atoms with van der Waals surface area (Å²) in [5.74, 6) is -0.271. The van der Waals surface area contributed by atoms with Crippen LogP contribution in [0.2, 0.25) is 0 Å². The number of methoxy groups -OCH3 is 1. The molecule has 2 aromatic rings. The molecule has 6 heteroatoms. The summed E-state index contributed by atoms with van der Waals surface area (Å²) in [7, 11) is 1.49. The second kappa shape index (κ2) is 8.68. The van der Waals surface area contributed by atoms with Crippen molar-refractivity contribution in [3.05, 3.63) is 60.2 Å². The summed E-state index contributed by atoms with van der Waals surface area (Å²) in [6.45, 7) is 1.69. The fourth-order valence-electron chi connectivity index (χ4n) is 2.66. The lowest BCUT2D eigenvalue weighted by molar-refractivity contribution is -0.124. The van der Waals surface area contributed by atoms with Gasteiger partial charge in [0.05, 0.1) is 0 Å². The van der Waals surface area contributed by atoms with Crippen LogP contribution < -0.4 is 16.0 Å². The molecule has 27 heavy (non-hydrogen) atoms. The van der Waals surface area contributed by atoms with Gasteiger partial charge < -0.3 is 20.7 Å². The van der Waals surface area contributed by atoms with E-state index >= 15 is 0 Å². The van der Waals surface area contributed by atoms with E-state index in [0.717, 1.165) is 24.1 Å². The lowest BCUT2D eigenvalue weighted by atomic mass is 10.1. The predicted octanol–water partition coefficient (Wildman–Crippen LogP) is 3.09. The van der Waals surface area contributed by atoms with Crippen molar-refractivity contribution >= 4 is 23.2 Å². The van der Waals surface area contributed by atoms with Gasteiger partial charge in [0.15, 0.2) is 0 Å². The highest BCUT2D eigenvalue weighted by Crippen LogP contribution is 2.25. The summed E-state index contributed by atoms with van der Waals surface area (Å²) in [6, 6.07) is 16.7. The standard InChI is InChI=1S/C21H25N3O3/c1-14(27-2)20(25)24-18-10-6-9-17(13-18)22-19(15-7-4-3-5-8-15)21(26)23-16-11-12-16/h3-10,13-14,16,19,22H,11-12H2,1-2H3,(H,23,26)(H,24,25). The number of anilines is 2. The first kappa shape index (κ1) is 18.9. The Kier molecular flexibility index (Phi) is 6.08. The Morgan fingerprint density at radius 1 is 1.00 bits per heavy atom. The summed E-state index contributed by atoms with van der Waals surface area (Å²) in [5.41, 5.74) is 2.28. The highest BCUT2D eigenvalue weighted by Gasteiger charge is 2.28. The number of hydrogen-bond donors (Lipinski definition) is 3. The van der Waals surface area contributed by atoms with E-state index in [2.05, 4.69) is 16.0 Å². The van der Waals surface area contributed by atoms with Gasteiger partial charge in [-0.3, -0.25) is 9.59 Å².